The molecule has 21 heavy (non-hydrogen) atoms. The molecule has 112 valence electrons. The number of hydrogen-bond donors (Lipinski definition) is 2. The number of anilines is 1. The number of amides is 1. The Hall–Kier alpha value is -2.48. The third-order valence-electron chi connectivity index (χ3n) is 3.29. The van der Waals surface area contributed by atoms with Crippen molar-refractivity contribution in [1.29, 1.82) is 0 Å². The quantitative estimate of drug-likeness (QED) is 0.643. The fraction of sp³-hybridized carbons (Fsp3) is 0.385. The number of ether oxygens (including phenoxy) is 1. The molecule has 0 atom stereocenters. The van der Waals surface area contributed by atoms with Crippen molar-refractivity contribution in [2.45, 2.75) is 12.8 Å². The number of carboxylic acids is 1. The predicted octanol–water partition coefficient (Wildman–Crippen LogP) is 1.66. The van der Waals surface area contributed by atoms with Crippen LogP contribution in [0.4, 0.5) is 11.4 Å². The first-order valence-corrected chi connectivity index (χ1v) is 6.39. The largest absolute Gasteiger partial charge is 0.478 e. The molecule has 1 aliphatic heterocycles. The first kappa shape index (κ1) is 14.9. The van der Waals surface area contributed by atoms with E-state index in [-0.39, 0.29) is 28.8 Å². The van der Waals surface area contributed by atoms with E-state index >= 15 is 0 Å². The first-order chi connectivity index (χ1) is 9.99. The van der Waals surface area contributed by atoms with E-state index < -0.39 is 10.9 Å². The number of carbonyl (C=O) groups excluding carboxylic acids is 1. The Morgan fingerprint density at radius 2 is 2.00 bits per heavy atom. The molecular formula is C13H14N2O6. The average molecular weight is 294 g/mol. The number of non-ortho nitro benzene ring substituents is 1. The molecule has 0 unspecified atom stereocenters. The van der Waals surface area contributed by atoms with Gasteiger partial charge in [-0.15, -0.1) is 0 Å². The van der Waals surface area contributed by atoms with E-state index in [0.717, 1.165) is 18.2 Å². The van der Waals surface area contributed by atoms with Crippen molar-refractivity contribution in [1.82, 2.24) is 0 Å². The van der Waals surface area contributed by atoms with Crippen LogP contribution in [0, 0.1) is 16.0 Å². The van der Waals surface area contributed by atoms with Crippen LogP contribution in [0.1, 0.15) is 23.2 Å². The lowest BCUT2D eigenvalue weighted by atomic mass is 9.99. The summed E-state index contributed by atoms with van der Waals surface area (Å²) in [5.74, 6) is -1.88. The van der Waals surface area contributed by atoms with Crippen LogP contribution in [-0.2, 0) is 9.53 Å². The van der Waals surface area contributed by atoms with Gasteiger partial charge in [0.15, 0.2) is 0 Å². The maximum atomic E-state index is 12.1. The number of aromatic carboxylic acids is 1. The van der Waals surface area contributed by atoms with Gasteiger partial charge in [0, 0.05) is 31.3 Å². The van der Waals surface area contributed by atoms with Crippen LogP contribution in [0.15, 0.2) is 18.2 Å². The fourth-order valence-electron chi connectivity index (χ4n) is 2.13. The molecule has 1 aromatic rings. The summed E-state index contributed by atoms with van der Waals surface area (Å²) in [6.45, 7) is 0.942. The van der Waals surface area contributed by atoms with Crippen molar-refractivity contribution in [3.63, 3.8) is 0 Å². The summed E-state index contributed by atoms with van der Waals surface area (Å²) in [6, 6.07) is 3.26. The number of nitrogens with zero attached hydrogens (tertiary/aromatic N) is 1. The molecule has 1 aliphatic rings. The van der Waals surface area contributed by atoms with Gasteiger partial charge in [0.25, 0.3) is 5.69 Å². The Labute approximate surface area is 119 Å². The van der Waals surface area contributed by atoms with E-state index in [1.165, 1.54) is 0 Å². The first-order valence-electron chi connectivity index (χ1n) is 6.39. The van der Waals surface area contributed by atoms with Crippen LogP contribution in [-0.4, -0.2) is 35.1 Å². The highest BCUT2D eigenvalue weighted by Crippen LogP contribution is 2.24. The highest BCUT2D eigenvalue weighted by atomic mass is 16.6. The van der Waals surface area contributed by atoms with Gasteiger partial charge < -0.3 is 15.2 Å². The number of benzene rings is 1. The maximum Gasteiger partial charge on any atom is 0.337 e. The van der Waals surface area contributed by atoms with Crippen LogP contribution in [0.25, 0.3) is 0 Å². The van der Waals surface area contributed by atoms with Crippen molar-refractivity contribution in [3.8, 4) is 0 Å². The van der Waals surface area contributed by atoms with Crippen molar-refractivity contribution < 1.29 is 24.4 Å². The zero-order chi connectivity index (χ0) is 15.4. The summed E-state index contributed by atoms with van der Waals surface area (Å²) in [5.41, 5.74) is -0.517. The van der Waals surface area contributed by atoms with Crippen LogP contribution >= 0.6 is 0 Å². The van der Waals surface area contributed by atoms with Crippen molar-refractivity contribution in [2.24, 2.45) is 5.92 Å². The Bertz CT molecular complexity index is 580. The topological polar surface area (TPSA) is 119 Å². The van der Waals surface area contributed by atoms with Gasteiger partial charge >= 0.3 is 5.97 Å². The van der Waals surface area contributed by atoms with Gasteiger partial charge in [0.05, 0.1) is 16.2 Å². The molecule has 1 amide bonds. The van der Waals surface area contributed by atoms with Gasteiger partial charge in [-0.2, -0.15) is 0 Å². The fourth-order valence-corrected chi connectivity index (χ4v) is 2.13. The average Bonchev–Trinajstić information content (AvgIpc) is 2.47. The van der Waals surface area contributed by atoms with Crippen LogP contribution in [0.3, 0.4) is 0 Å². The Morgan fingerprint density at radius 3 is 2.57 bits per heavy atom. The summed E-state index contributed by atoms with van der Waals surface area (Å²) < 4.78 is 5.15. The van der Waals surface area contributed by atoms with E-state index in [1.54, 1.807) is 0 Å². The third kappa shape index (κ3) is 3.54. The van der Waals surface area contributed by atoms with Crippen LogP contribution in [0.5, 0.6) is 0 Å². The van der Waals surface area contributed by atoms with Crippen molar-refractivity contribution in [2.75, 3.05) is 18.5 Å². The molecule has 1 saturated heterocycles. The molecule has 8 heteroatoms. The monoisotopic (exact) mass is 294 g/mol. The summed E-state index contributed by atoms with van der Waals surface area (Å²) in [7, 11) is 0. The van der Waals surface area contributed by atoms with Gasteiger partial charge in [-0.3, -0.25) is 14.9 Å². The highest BCUT2D eigenvalue weighted by molar-refractivity contribution is 6.01. The lowest BCUT2D eigenvalue weighted by Gasteiger charge is -2.21. The molecule has 0 aliphatic carbocycles. The highest BCUT2D eigenvalue weighted by Gasteiger charge is 2.24. The number of hydrogen-bond acceptors (Lipinski definition) is 5. The van der Waals surface area contributed by atoms with Gasteiger partial charge in [-0.1, -0.05) is 0 Å². The zero-order valence-electron chi connectivity index (χ0n) is 11.1. The van der Waals surface area contributed by atoms with E-state index in [9.17, 15) is 19.7 Å². The minimum Gasteiger partial charge on any atom is -0.478 e. The Kier molecular flexibility index (Phi) is 4.49. The Morgan fingerprint density at radius 1 is 1.33 bits per heavy atom. The molecule has 1 fully saturated rings. The molecule has 0 bridgehead atoms. The standard InChI is InChI=1S/C13H14N2O6/c16-12(8-3-5-21-6-4-8)14-11-7-9(15(19)20)1-2-10(11)13(17)18/h1-2,7-8H,3-6H2,(H,14,16)(H,17,18). The number of rotatable bonds is 4. The SMILES string of the molecule is O=C(O)c1ccc([N+](=O)[O-])cc1NC(=O)C1CCOCC1. The van der Waals surface area contributed by atoms with E-state index in [4.69, 9.17) is 9.84 Å². The van der Waals surface area contributed by atoms with E-state index in [0.29, 0.717) is 26.1 Å². The third-order valence-corrected chi connectivity index (χ3v) is 3.29. The molecule has 1 heterocycles. The minimum atomic E-state index is -1.26. The molecule has 0 radical (unpaired) electrons. The molecule has 0 saturated carbocycles. The second-order valence-corrected chi connectivity index (χ2v) is 4.67. The lowest BCUT2D eigenvalue weighted by molar-refractivity contribution is -0.384. The second-order valence-electron chi connectivity index (χ2n) is 4.67. The molecule has 0 aromatic heterocycles. The smallest absolute Gasteiger partial charge is 0.337 e. The normalized spacial score (nSPS) is 15.4. The summed E-state index contributed by atoms with van der Waals surface area (Å²) in [5, 5.41) is 22.3. The van der Waals surface area contributed by atoms with Crippen molar-refractivity contribution in [3.05, 3.63) is 33.9 Å². The van der Waals surface area contributed by atoms with Crippen LogP contribution in [0.2, 0.25) is 0 Å². The number of nitro benzene ring substituents is 1. The molecule has 0 spiro atoms. The maximum absolute atomic E-state index is 12.1. The molecule has 1 aromatic carbocycles. The number of nitro groups is 1. The Balaban J connectivity index is 2.23. The van der Waals surface area contributed by atoms with Crippen molar-refractivity contribution >= 4 is 23.3 Å². The molecule has 2 rings (SSSR count). The summed E-state index contributed by atoms with van der Waals surface area (Å²) >= 11 is 0. The van der Waals surface area contributed by atoms with E-state index in [2.05, 4.69) is 5.32 Å². The molecular weight excluding hydrogens is 280 g/mol. The van der Waals surface area contributed by atoms with Crippen LogP contribution < -0.4 is 5.32 Å². The number of carboxylic acid groups (broad SMARTS) is 1. The lowest BCUT2D eigenvalue weighted by Crippen LogP contribution is -2.29. The van der Waals surface area contributed by atoms with Gasteiger partial charge in [-0.05, 0) is 18.9 Å². The zero-order valence-corrected chi connectivity index (χ0v) is 11.1. The summed E-state index contributed by atoms with van der Waals surface area (Å²) in [4.78, 5) is 33.3. The summed E-state index contributed by atoms with van der Waals surface area (Å²) in [6.07, 6.45) is 1.09. The minimum absolute atomic E-state index is 0.0619. The van der Waals surface area contributed by atoms with Gasteiger partial charge in [0.1, 0.15) is 0 Å². The number of nitrogens with one attached hydrogen (secondary N) is 1. The van der Waals surface area contributed by atoms with Gasteiger partial charge in [-0.25, -0.2) is 4.79 Å². The second kappa shape index (κ2) is 6.31. The predicted molar refractivity (Wildman–Crippen MR) is 72.2 cm³/mol. The van der Waals surface area contributed by atoms with Gasteiger partial charge in [0.2, 0.25) is 5.91 Å². The number of carbonyl (C=O) groups is 2. The van der Waals surface area contributed by atoms with E-state index in [1.807, 2.05) is 0 Å². The molecule has 2 N–H and O–H groups in total. The molecule has 8 nitrogen and oxygen atoms in total.